The van der Waals surface area contributed by atoms with Gasteiger partial charge in [0.25, 0.3) is 0 Å². The summed E-state index contributed by atoms with van der Waals surface area (Å²) in [6.07, 6.45) is -6.35. The Morgan fingerprint density at radius 1 is 0.822 bits per heavy atom. The summed E-state index contributed by atoms with van der Waals surface area (Å²) in [6, 6.07) is 17.2. The van der Waals surface area contributed by atoms with Crippen LogP contribution in [-0.2, 0) is 17.1 Å². The van der Waals surface area contributed by atoms with Crippen molar-refractivity contribution in [2.45, 2.75) is 75.7 Å². The molecule has 45 heavy (non-hydrogen) atoms. The molecule has 1 aliphatic carbocycles. The summed E-state index contributed by atoms with van der Waals surface area (Å²) in [5.74, 6) is -1.19. The molecule has 3 nitrogen and oxygen atoms in total. The van der Waals surface area contributed by atoms with Crippen molar-refractivity contribution in [1.82, 2.24) is 4.90 Å². The number of rotatable bonds is 6. The van der Waals surface area contributed by atoms with E-state index in [4.69, 9.17) is 0 Å². The molecule has 3 aromatic carbocycles. The highest BCUT2D eigenvalue weighted by Gasteiger charge is 2.50. The molecule has 1 heterocycles. The van der Waals surface area contributed by atoms with Crippen LogP contribution in [-0.4, -0.2) is 37.0 Å². The number of benzene rings is 3. The number of carbonyl (C=O) groups excluding carboxylic acids is 1. The molecule has 0 N–H and O–H groups in total. The number of piperidine rings is 1. The molecule has 0 spiro atoms. The molecule has 5 rings (SSSR count). The third-order valence-electron chi connectivity index (χ3n) is 10.0. The molecule has 1 saturated heterocycles. The minimum absolute atomic E-state index is 0.132. The Kier molecular flexibility index (Phi) is 9.36. The molecule has 2 fully saturated rings. The average molecular weight is 635 g/mol. The summed E-state index contributed by atoms with van der Waals surface area (Å²) in [4.78, 5) is 18.2. The maximum atomic E-state index is 14.3. The van der Waals surface area contributed by atoms with Crippen molar-refractivity contribution >= 4 is 11.6 Å². The third-order valence-corrected chi connectivity index (χ3v) is 10.0. The van der Waals surface area contributed by atoms with E-state index in [1.165, 1.54) is 17.0 Å². The van der Waals surface area contributed by atoms with Gasteiger partial charge in [-0.25, -0.2) is 4.39 Å². The number of amides is 1. The Labute approximate surface area is 259 Å². The Morgan fingerprint density at radius 2 is 1.36 bits per heavy atom. The van der Waals surface area contributed by atoms with Crippen molar-refractivity contribution in [3.8, 4) is 0 Å². The monoisotopic (exact) mass is 634 g/mol. The van der Waals surface area contributed by atoms with Crippen molar-refractivity contribution < 1.29 is 35.5 Å². The van der Waals surface area contributed by atoms with Crippen LogP contribution in [0.5, 0.6) is 0 Å². The van der Waals surface area contributed by atoms with Gasteiger partial charge in [0.2, 0.25) is 5.91 Å². The largest absolute Gasteiger partial charge is 0.416 e. The highest BCUT2D eigenvalue weighted by Crippen LogP contribution is 2.51. The molecule has 0 radical (unpaired) electrons. The number of hydrogen-bond donors (Lipinski definition) is 0. The highest BCUT2D eigenvalue weighted by molar-refractivity contribution is 5.98. The maximum absolute atomic E-state index is 14.3. The zero-order valence-electron chi connectivity index (χ0n) is 25.3. The molecular formula is C35H37F7N2O. The zero-order chi connectivity index (χ0) is 32.6. The van der Waals surface area contributed by atoms with Gasteiger partial charge in [0.1, 0.15) is 5.82 Å². The predicted molar refractivity (Wildman–Crippen MR) is 159 cm³/mol. The Bertz CT molecular complexity index is 1420. The first-order valence-corrected chi connectivity index (χ1v) is 15.3. The lowest BCUT2D eigenvalue weighted by Gasteiger charge is -2.48. The molecule has 0 bridgehead atoms. The molecule has 0 aromatic heterocycles. The predicted octanol–water partition coefficient (Wildman–Crippen LogP) is 9.44. The first kappa shape index (κ1) is 33.0. The van der Waals surface area contributed by atoms with Gasteiger partial charge in [-0.15, -0.1) is 0 Å². The smallest absolute Gasteiger partial charge is 0.315 e. The van der Waals surface area contributed by atoms with Gasteiger partial charge in [0, 0.05) is 18.8 Å². The molecule has 1 saturated carbocycles. The zero-order valence-corrected chi connectivity index (χ0v) is 25.3. The van der Waals surface area contributed by atoms with Gasteiger partial charge in [0.05, 0.1) is 16.5 Å². The first-order chi connectivity index (χ1) is 21.2. The summed E-state index contributed by atoms with van der Waals surface area (Å²) in [5.41, 5.74) is -2.42. The molecule has 1 atom stereocenters. The molecule has 10 heteroatoms. The number of hydrogen-bond acceptors (Lipinski definition) is 2. The van der Waals surface area contributed by atoms with Gasteiger partial charge in [-0.3, -0.25) is 4.79 Å². The van der Waals surface area contributed by atoms with Crippen LogP contribution in [0.3, 0.4) is 0 Å². The van der Waals surface area contributed by atoms with Crippen LogP contribution in [0, 0.1) is 11.2 Å². The van der Waals surface area contributed by atoms with Crippen molar-refractivity contribution in [1.29, 1.82) is 0 Å². The fourth-order valence-electron chi connectivity index (χ4n) is 7.30. The van der Waals surface area contributed by atoms with Gasteiger partial charge in [-0.2, -0.15) is 26.3 Å². The number of alkyl halides is 6. The Hall–Kier alpha value is -3.40. The number of nitrogens with zero attached hydrogens (tertiary/aromatic N) is 2. The molecule has 2 aliphatic rings. The van der Waals surface area contributed by atoms with E-state index in [1.807, 2.05) is 12.1 Å². The first-order valence-electron chi connectivity index (χ1n) is 15.3. The second kappa shape index (κ2) is 12.8. The van der Waals surface area contributed by atoms with E-state index < -0.39 is 34.8 Å². The molecule has 1 amide bonds. The van der Waals surface area contributed by atoms with E-state index in [-0.39, 0.29) is 29.4 Å². The standard InChI is InChI=1S/C35H37F7N2O/c1-23(26-20-27(34(37,38)39)22-28(21-26)35(40,41)42)33(32(45)43(2)30-6-4-3-5-7-30)16-12-31(13-17-33)44-18-14-25(15-19-44)24-8-10-29(36)11-9-24/h3-11,20-23,25,31H,12-19H2,1-2H3/t23-,31?,33?/m1/s1. The lowest BCUT2D eigenvalue weighted by atomic mass is 9.62. The minimum atomic E-state index is -4.98. The lowest BCUT2D eigenvalue weighted by Crippen LogP contribution is -2.51. The Balaban J connectivity index is 1.42. The molecule has 0 unspecified atom stereocenters. The summed E-state index contributed by atoms with van der Waals surface area (Å²) in [5, 5.41) is 0. The molecule has 3 aromatic rings. The summed E-state index contributed by atoms with van der Waals surface area (Å²) in [6.45, 7) is 3.21. The minimum Gasteiger partial charge on any atom is -0.315 e. The van der Waals surface area contributed by atoms with E-state index in [0.717, 1.165) is 43.6 Å². The quantitative estimate of drug-likeness (QED) is 0.252. The van der Waals surface area contributed by atoms with Crippen LogP contribution >= 0.6 is 0 Å². The number of anilines is 1. The summed E-state index contributed by atoms with van der Waals surface area (Å²) in [7, 11) is 1.60. The fraction of sp³-hybridized carbons (Fsp3) is 0.457. The third kappa shape index (κ3) is 7.05. The average Bonchev–Trinajstić information content (AvgIpc) is 3.03. The van der Waals surface area contributed by atoms with Gasteiger partial charge in [0.15, 0.2) is 0 Å². The van der Waals surface area contributed by atoms with Crippen LogP contribution in [0.15, 0.2) is 72.8 Å². The topological polar surface area (TPSA) is 23.6 Å². The van der Waals surface area contributed by atoms with Crippen molar-refractivity contribution in [3.63, 3.8) is 0 Å². The lowest BCUT2D eigenvalue weighted by molar-refractivity contribution is -0.143. The second-order valence-electron chi connectivity index (χ2n) is 12.5. The van der Waals surface area contributed by atoms with Gasteiger partial charge < -0.3 is 9.80 Å². The second-order valence-corrected chi connectivity index (χ2v) is 12.5. The highest BCUT2D eigenvalue weighted by atomic mass is 19.4. The van der Waals surface area contributed by atoms with E-state index in [2.05, 4.69) is 4.90 Å². The number of halogens is 7. The van der Waals surface area contributed by atoms with E-state index in [1.54, 1.807) is 44.3 Å². The van der Waals surface area contributed by atoms with Gasteiger partial charge >= 0.3 is 12.4 Å². The van der Waals surface area contributed by atoms with Crippen molar-refractivity contribution in [2.24, 2.45) is 5.41 Å². The fourth-order valence-corrected chi connectivity index (χ4v) is 7.30. The maximum Gasteiger partial charge on any atom is 0.416 e. The van der Waals surface area contributed by atoms with Crippen LogP contribution < -0.4 is 4.90 Å². The molecule has 242 valence electrons. The van der Waals surface area contributed by atoms with Gasteiger partial charge in [-0.05, 0) is 117 Å². The summed E-state index contributed by atoms with van der Waals surface area (Å²) >= 11 is 0. The SMILES string of the molecule is C[C@H](c1cc(C(F)(F)F)cc(C(F)(F)F)c1)C1(C(=O)N(C)c2ccccc2)CCC(N2CCC(c3ccc(F)cc3)CC2)CC1. The van der Waals surface area contributed by atoms with Crippen LogP contribution in [0.25, 0.3) is 0 Å². The number of para-hydroxylation sites is 1. The molecular weight excluding hydrogens is 597 g/mol. The molecule has 1 aliphatic heterocycles. The van der Waals surface area contributed by atoms with Crippen LogP contribution in [0.4, 0.5) is 36.4 Å². The van der Waals surface area contributed by atoms with Crippen molar-refractivity contribution in [2.75, 3.05) is 25.0 Å². The Morgan fingerprint density at radius 3 is 1.87 bits per heavy atom. The van der Waals surface area contributed by atoms with Crippen molar-refractivity contribution in [3.05, 3.63) is 101 Å². The number of likely N-dealkylation sites (tertiary alicyclic amines) is 1. The van der Waals surface area contributed by atoms with Crippen LogP contribution in [0.2, 0.25) is 0 Å². The van der Waals surface area contributed by atoms with E-state index >= 15 is 0 Å². The van der Waals surface area contributed by atoms with Crippen LogP contribution in [0.1, 0.15) is 79.5 Å². The number of carbonyl (C=O) groups is 1. The summed E-state index contributed by atoms with van der Waals surface area (Å²) < 4.78 is 96.1. The van der Waals surface area contributed by atoms with Gasteiger partial charge in [-0.1, -0.05) is 37.3 Å². The van der Waals surface area contributed by atoms with E-state index in [0.29, 0.717) is 37.3 Å². The van der Waals surface area contributed by atoms with E-state index in [9.17, 15) is 35.5 Å². The normalized spacial score (nSPS) is 22.6.